The number of rotatable bonds is 2. The van der Waals surface area contributed by atoms with Crippen molar-refractivity contribution in [3.8, 4) is 11.3 Å². The van der Waals surface area contributed by atoms with Gasteiger partial charge in [0.05, 0.1) is 11.4 Å². The number of carbonyl (C=O) groups is 2. The Labute approximate surface area is 151 Å². The second kappa shape index (κ2) is 7.91. The van der Waals surface area contributed by atoms with Gasteiger partial charge in [-0.25, -0.2) is 14.6 Å². The monoisotopic (exact) mass is 405 g/mol. The van der Waals surface area contributed by atoms with E-state index in [-0.39, 0.29) is 0 Å². The summed E-state index contributed by atoms with van der Waals surface area (Å²) in [5.74, 6) is -3.65. The molecule has 0 aliphatic heterocycles. The largest absolute Gasteiger partial charge is 0.473 e. The van der Waals surface area contributed by atoms with E-state index in [1.165, 1.54) is 5.56 Å². The van der Waals surface area contributed by atoms with E-state index in [0.29, 0.717) is 6.54 Å². The maximum atomic E-state index is 9.10. The zero-order chi connectivity index (χ0) is 18.6. The molecule has 0 aliphatic rings. The summed E-state index contributed by atoms with van der Waals surface area (Å²) in [7, 11) is 0. The maximum Gasteiger partial charge on any atom is 0.414 e. The lowest BCUT2D eigenvalue weighted by Crippen LogP contribution is -2.09. The van der Waals surface area contributed by atoms with Crippen LogP contribution in [0, 0.1) is 6.92 Å². The van der Waals surface area contributed by atoms with Gasteiger partial charge in [0.15, 0.2) is 0 Å². The van der Waals surface area contributed by atoms with Crippen LogP contribution in [0.5, 0.6) is 0 Å². The molecule has 3 aromatic rings. The molecule has 2 heterocycles. The van der Waals surface area contributed by atoms with Crippen molar-refractivity contribution in [1.29, 1.82) is 0 Å². The van der Waals surface area contributed by atoms with Gasteiger partial charge in [0.1, 0.15) is 5.65 Å². The Balaban J connectivity index is 0.000000326. The molecule has 0 bridgehead atoms. The number of aryl methyl sites for hydroxylation is 1. The highest BCUT2D eigenvalue weighted by atomic mass is 79.9. The van der Waals surface area contributed by atoms with Crippen LogP contribution < -0.4 is 5.73 Å². The van der Waals surface area contributed by atoms with Gasteiger partial charge in [0, 0.05) is 22.8 Å². The number of fused-ring (bicyclic) bond motifs is 1. The molecule has 1 aromatic carbocycles. The standard InChI is InChI=1S/C15H14BrN3.C2H2O4/c1-10-2-7-14-18-15(13(8-17)19(14)9-10)11-3-5-12(16)6-4-11;3-1(4)2(5)6/h2-7,9H,8,17H2,1H3;(H,3,4)(H,5,6). The van der Waals surface area contributed by atoms with Gasteiger partial charge in [-0.05, 0) is 30.7 Å². The third kappa shape index (κ3) is 4.43. The fourth-order valence-corrected chi connectivity index (χ4v) is 2.50. The predicted molar refractivity (Wildman–Crippen MR) is 96.2 cm³/mol. The molecule has 0 saturated heterocycles. The number of aromatic nitrogens is 2. The van der Waals surface area contributed by atoms with E-state index in [9.17, 15) is 0 Å². The molecule has 130 valence electrons. The van der Waals surface area contributed by atoms with Gasteiger partial charge >= 0.3 is 11.9 Å². The molecule has 0 saturated carbocycles. The minimum Gasteiger partial charge on any atom is -0.473 e. The quantitative estimate of drug-likeness (QED) is 0.564. The molecule has 4 N–H and O–H groups in total. The Kier molecular flexibility index (Phi) is 5.89. The average Bonchev–Trinajstić information content (AvgIpc) is 2.93. The number of nitrogens with two attached hydrogens (primary N) is 1. The van der Waals surface area contributed by atoms with E-state index in [2.05, 4.69) is 51.7 Å². The van der Waals surface area contributed by atoms with E-state index in [0.717, 1.165) is 27.1 Å². The molecule has 2 aromatic heterocycles. The van der Waals surface area contributed by atoms with Crippen LogP contribution in [0.15, 0.2) is 47.1 Å². The number of carboxylic acid groups (broad SMARTS) is 2. The minimum absolute atomic E-state index is 0.468. The number of hydrogen-bond donors (Lipinski definition) is 3. The summed E-state index contributed by atoms with van der Waals surface area (Å²) in [6.45, 7) is 2.54. The topological polar surface area (TPSA) is 118 Å². The molecule has 0 aliphatic carbocycles. The van der Waals surface area contributed by atoms with Crippen LogP contribution in [0.2, 0.25) is 0 Å². The number of carboxylic acids is 2. The number of nitrogens with zero attached hydrogens (tertiary/aromatic N) is 2. The fraction of sp³-hybridized carbons (Fsp3) is 0.118. The Morgan fingerprint density at radius 3 is 2.24 bits per heavy atom. The van der Waals surface area contributed by atoms with Crippen LogP contribution >= 0.6 is 15.9 Å². The van der Waals surface area contributed by atoms with Crippen LogP contribution in [0.1, 0.15) is 11.3 Å². The third-order valence-corrected chi connectivity index (χ3v) is 3.89. The average molecular weight is 406 g/mol. The lowest BCUT2D eigenvalue weighted by molar-refractivity contribution is -0.159. The second-order valence-electron chi connectivity index (χ2n) is 5.16. The Morgan fingerprint density at radius 1 is 1.12 bits per heavy atom. The van der Waals surface area contributed by atoms with E-state index < -0.39 is 11.9 Å². The van der Waals surface area contributed by atoms with Gasteiger partial charge in [-0.15, -0.1) is 0 Å². The number of aliphatic carboxylic acids is 2. The zero-order valence-corrected chi connectivity index (χ0v) is 14.9. The molecular weight excluding hydrogens is 390 g/mol. The summed E-state index contributed by atoms with van der Waals surface area (Å²) in [6.07, 6.45) is 2.08. The third-order valence-electron chi connectivity index (χ3n) is 3.36. The molecule has 0 atom stereocenters. The van der Waals surface area contributed by atoms with E-state index in [1.54, 1.807) is 0 Å². The molecule has 3 rings (SSSR count). The molecule has 8 heteroatoms. The van der Waals surface area contributed by atoms with E-state index >= 15 is 0 Å². The molecule has 0 radical (unpaired) electrons. The van der Waals surface area contributed by atoms with Crippen molar-refractivity contribution in [2.45, 2.75) is 13.5 Å². The molecule has 7 nitrogen and oxygen atoms in total. The van der Waals surface area contributed by atoms with Crippen molar-refractivity contribution in [1.82, 2.24) is 9.38 Å². The molecule has 25 heavy (non-hydrogen) atoms. The van der Waals surface area contributed by atoms with Crippen LogP contribution in [0.4, 0.5) is 0 Å². The maximum absolute atomic E-state index is 9.10. The highest BCUT2D eigenvalue weighted by molar-refractivity contribution is 9.10. The Morgan fingerprint density at radius 2 is 1.72 bits per heavy atom. The first-order chi connectivity index (χ1) is 11.8. The molecular formula is C17H16BrN3O4. The predicted octanol–water partition coefficient (Wildman–Crippen LogP) is 2.69. The van der Waals surface area contributed by atoms with Crippen molar-refractivity contribution in [3.63, 3.8) is 0 Å². The van der Waals surface area contributed by atoms with E-state index in [1.807, 2.05) is 18.2 Å². The van der Waals surface area contributed by atoms with Crippen LogP contribution in [0.3, 0.4) is 0 Å². The molecule has 0 amide bonds. The summed E-state index contributed by atoms with van der Waals surface area (Å²) in [5.41, 5.74) is 11.1. The van der Waals surface area contributed by atoms with Crippen LogP contribution in [0.25, 0.3) is 16.9 Å². The molecule has 0 unspecified atom stereocenters. The number of halogens is 1. The van der Waals surface area contributed by atoms with Crippen molar-refractivity contribution in [2.75, 3.05) is 0 Å². The Hall–Kier alpha value is -2.71. The first-order valence-electron chi connectivity index (χ1n) is 7.23. The summed E-state index contributed by atoms with van der Waals surface area (Å²) in [6, 6.07) is 12.2. The minimum atomic E-state index is -1.82. The van der Waals surface area contributed by atoms with Crippen molar-refractivity contribution in [3.05, 3.63) is 58.3 Å². The van der Waals surface area contributed by atoms with Gasteiger partial charge in [-0.3, -0.25) is 0 Å². The zero-order valence-electron chi connectivity index (χ0n) is 13.3. The molecule has 0 fully saturated rings. The first-order valence-corrected chi connectivity index (χ1v) is 8.02. The van der Waals surface area contributed by atoms with Gasteiger partial charge in [0.2, 0.25) is 0 Å². The van der Waals surface area contributed by atoms with Crippen molar-refractivity contribution < 1.29 is 19.8 Å². The lowest BCUT2D eigenvalue weighted by atomic mass is 10.1. The van der Waals surface area contributed by atoms with Crippen molar-refractivity contribution in [2.24, 2.45) is 5.73 Å². The lowest BCUT2D eigenvalue weighted by Gasteiger charge is -2.03. The van der Waals surface area contributed by atoms with Crippen LogP contribution in [-0.4, -0.2) is 31.5 Å². The van der Waals surface area contributed by atoms with Gasteiger partial charge in [-0.1, -0.05) is 34.1 Å². The highest BCUT2D eigenvalue weighted by Crippen LogP contribution is 2.26. The SMILES string of the molecule is Cc1ccc2nc(-c3ccc(Br)cc3)c(CN)n2c1.O=C(O)C(=O)O. The van der Waals surface area contributed by atoms with E-state index in [4.69, 9.17) is 30.5 Å². The number of pyridine rings is 1. The molecule has 0 spiro atoms. The second-order valence-corrected chi connectivity index (χ2v) is 6.08. The summed E-state index contributed by atoms with van der Waals surface area (Å²) in [4.78, 5) is 22.9. The fourth-order valence-electron chi connectivity index (χ4n) is 2.23. The normalized spacial score (nSPS) is 10.2. The van der Waals surface area contributed by atoms with Gasteiger partial charge < -0.3 is 20.3 Å². The first kappa shape index (κ1) is 18.6. The van der Waals surface area contributed by atoms with Gasteiger partial charge in [-0.2, -0.15) is 0 Å². The number of imidazole rings is 1. The van der Waals surface area contributed by atoms with Gasteiger partial charge in [0.25, 0.3) is 0 Å². The summed E-state index contributed by atoms with van der Waals surface area (Å²) >= 11 is 3.45. The summed E-state index contributed by atoms with van der Waals surface area (Å²) in [5, 5.41) is 14.8. The van der Waals surface area contributed by atoms with Crippen LogP contribution in [-0.2, 0) is 16.1 Å². The summed E-state index contributed by atoms with van der Waals surface area (Å²) < 4.78 is 3.14. The van der Waals surface area contributed by atoms with Crippen molar-refractivity contribution >= 4 is 33.5 Å². The highest BCUT2D eigenvalue weighted by Gasteiger charge is 2.12. The number of benzene rings is 1. The number of hydrogen-bond acceptors (Lipinski definition) is 4. The Bertz CT molecular complexity index is 908. The smallest absolute Gasteiger partial charge is 0.414 e.